The highest BCUT2D eigenvalue weighted by atomic mass is 35.5. The smallest absolute Gasteiger partial charge is 0.162 e. The number of nitrogens with zero attached hydrogens (tertiary/aromatic N) is 2. The highest BCUT2D eigenvalue weighted by Gasteiger charge is 2.12. The van der Waals surface area contributed by atoms with E-state index < -0.39 is 0 Å². The molecule has 0 aliphatic heterocycles. The van der Waals surface area contributed by atoms with E-state index in [9.17, 15) is 0 Å². The number of halogens is 2. The van der Waals surface area contributed by atoms with Gasteiger partial charge in [0.25, 0.3) is 0 Å². The second kappa shape index (κ2) is 6.65. The summed E-state index contributed by atoms with van der Waals surface area (Å²) in [5.41, 5.74) is 0.978. The minimum atomic E-state index is 0.330. The third kappa shape index (κ3) is 2.90. The van der Waals surface area contributed by atoms with Gasteiger partial charge in [-0.05, 0) is 12.5 Å². The first-order chi connectivity index (χ1) is 9.71. The zero-order valence-corrected chi connectivity index (χ0v) is 12.3. The fourth-order valence-corrected chi connectivity index (χ4v) is 2.11. The van der Waals surface area contributed by atoms with E-state index >= 15 is 0 Å². The SMILES string of the molecule is COc1cc2ncc(C#N)c(Cl)c2cc1OCCCCl. The molecule has 0 amide bonds. The second-order valence-electron chi connectivity index (χ2n) is 4.01. The Balaban J connectivity index is 2.50. The Morgan fingerprint density at radius 3 is 2.80 bits per heavy atom. The van der Waals surface area contributed by atoms with Crippen molar-refractivity contribution >= 4 is 34.1 Å². The van der Waals surface area contributed by atoms with Crippen LogP contribution in [0.3, 0.4) is 0 Å². The summed E-state index contributed by atoms with van der Waals surface area (Å²) in [6.45, 7) is 0.481. The number of hydrogen-bond acceptors (Lipinski definition) is 4. The Labute approximate surface area is 126 Å². The third-order valence-corrected chi connectivity index (χ3v) is 3.42. The van der Waals surface area contributed by atoms with E-state index in [1.165, 1.54) is 6.20 Å². The molecule has 0 bridgehead atoms. The quantitative estimate of drug-likeness (QED) is 0.623. The van der Waals surface area contributed by atoms with E-state index in [0.29, 0.717) is 45.5 Å². The first-order valence-corrected chi connectivity index (χ1v) is 6.87. The van der Waals surface area contributed by atoms with Gasteiger partial charge < -0.3 is 9.47 Å². The lowest BCUT2D eigenvalue weighted by Crippen LogP contribution is -2.00. The predicted octanol–water partition coefficient (Wildman–Crippen LogP) is 3.78. The van der Waals surface area contributed by atoms with Gasteiger partial charge in [-0.1, -0.05) is 11.6 Å². The number of rotatable bonds is 5. The molecule has 1 heterocycles. The number of alkyl halides is 1. The van der Waals surface area contributed by atoms with Crippen molar-refractivity contribution in [3.63, 3.8) is 0 Å². The lowest BCUT2D eigenvalue weighted by Gasteiger charge is -2.12. The molecule has 0 saturated carbocycles. The first kappa shape index (κ1) is 14.7. The molecule has 0 saturated heterocycles. The predicted molar refractivity (Wildman–Crippen MR) is 78.9 cm³/mol. The van der Waals surface area contributed by atoms with Gasteiger partial charge in [0.05, 0.1) is 29.8 Å². The number of fused-ring (bicyclic) bond motifs is 1. The van der Waals surface area contributed by atoms with Crippen LogP contribution in [0.2, 0.25) is 5.02 Å². The molecule has 6 heteroatoms. The maximum atomic E-state index is 8.98. The molecule has 0 radical (unpaired) electrons. The number of nitriles is 1. The summed E-state index contributed by atoms with van der Waals surface area (Å²) in [7, 11) is 1.56. The molecule has 0 N–H and O–H groups in total. The van der Waals surface area contributed by atoms with Crippen molar-refractivity contribution in [3.8, 4) is 17.6 Å². The summed E-state index contributed by atoms with van der Waals surface area (Å²) in [4.78, 5) is 4.20. The van der Waals surface area contributed by atoms with Gasteiger partial charge in [-0.15, -0.1) is 11.6 Å². The van der Waals surface area contributed by atoms with Crippen LogP contribution in [0.25, 0.3) is 10.9 Å². The van der Waals surface area contributed by atoms with Gasteiger partial charge in [0.1, 0.15) is 6.07 Å². The van der Waals surface area contributed by atoms with Crippen molar-refractivity contribution in [1.82, 2.24) is 4.98 Å². The molecule has 0 aliphatic rings. The van der Waals surface area contributed by atoms with E-state index in [1.807, 2.05) is 6.07 Å². The molecule has 0 unspecified atom stereocenters. The zero-order valence-electron chi connectivity index (χ0n) is 10.8. The second-order valence-corrected chi connectivity index (χ2v) is 4.76. The van der Waals surface area contributed by atoms with E-state index in [2.05, 4.69) is 4.98 Å². The van der Waals surface area contributed by atoms with Crippen molar-refractivity contribution in [1.29, 1.82) is 5.26 Å². The Bertz CT molecular complexity index is 668. The minimum Gasteiger partial charge on any atom is -0.493 e. The van der Waals surface area contributed by atoms with Crippen LogP contribution in [0.1, 0.15) is 12.0 Å². The molecule has 0 atom stereocenters. The molecule has 0 fully saturated rings. The molecule has 4 nitrogen and oxygen atoms in total. The van der Waals surface area contributed by atoms with Crippen molar-refractivity contribution in [2.75, 3.05) is 19.6 Å². The van der Waals surface area contributed by atoms with E-state index in [0.717, 1.165) is 6.42 Å². The number of pyridine rings is 1. The highest BCUT2D eigenvalue weighted by Crippen LogP contribution is 2.35. The molecule has 0 aliphatic carbocycles. The van der Waals surface area contributed by atoms with Crippen LogP contribution in [0.5, 0.6) is 11.5 Å². The van der Waals surface area contributed by atoms with Crippen LogP contribution in [0.4, 0.5) is 0 Å². The largest absolute Gasteiger partial charge is 0.493 e. The lowest BCUT2D eigenvalue weighted by atomic mass is 10.1. The standard InChI is InChI=1S/C14H12Cl2N2O2/c1-19-12-6-11-10(5-13(12)20-4-2-3-15)14(16)9(7-17)8-18-11/h5-6,8H,2-4H2,1H3. The zero-order chi connectivity index (χ0) is 14.5. The van der Waals surface area contributed by atoms with E-state index in [1.54, 1.807) is 19.2 Å². The van der Waals surface area contributed by atoms with Gasteiger partial charge in [0, 0.05) is 23.5 Å². The number of methoxy groups -OCH3 is 1. The summed E-state index contributed by atoms with van der Waals surface area (Å²) in [6, 6.07) is 5.47. The average molecular weight is 311 g/mol. The van der Waals surface area contributed by atoms with E-state index in [4.69, 9.17) is 37.9 Å². The van der Waals surface area contributed by atoms with Gasteiger partial charge >= 0.3 is 0 Å². The molecule has 104 valence electrons. The normalized spacial score (nSPS) is 10.3. The maximum absolute atomic E-state index is 8.98. The number of aromatic nitrogens is 1. The fourth-order valence-electron chi connectivity index (χ4n) is 1.75. The molecule has 1 aromatic carbocycles. The van der Waals surface area contributed by atoms with Crippen LogP contribution in [-0.2, 0) is 0 Å². The Morgan fingerprint density at radius 2 is 2.15 bits per heavy atom. The van der Waals surface area contributed by atoms with Gasteiger partial charge in [-0.3, -0.25) is 4.98 Å². The van der Waals surface area contributed by atoms with Gasteiger partial charge in [0.2, 0.25) is 0 Å². The Kier molecular flexibility index (Phi) is 4.89. The number of ether oxygens (including phenoxy) is 2. The molecule has 20 heavy (non-hydrogen) atoms. The molecule has 2 aromatic rings. The summed E-state index contributed by atoms with van der Waals surface area (Å²) >= 11 is 11.8. The van der Waals surface area contributed by atoms with Crippen LogP contribution in [0.15, 0.2) is 18.3 Å². The summed E-state index contributed by atoms with van der Waals surface area (Å²) in [5.74, 6) is 1.65. The lowest BCUT2D eigenvalue weighted by molar-refractivity contribution is 0.295. The Hall–Kier alpha value is -1.70. The molecule has 2 rings (SSSR count). The summed E-state index contributed by atoms with van der Waals surface area (Å²) in [5, 5.41) is 10.00. The maximum Gasteiger partial charge on any atom is 0.162 e. The monoisotopic (exact) mass is 310 g/mol. The average Bonchev–Trinajstić information content (AvgIpc) is 2.47. The van der Waals surface area contributed by atoms with Crippen LogP contribution >= 0.6 is 23.2 Å². The van der Waals surface area contributed by atoms with Gasteiger partial charge in [-0.2, -0.15) is 5.26 Å². The third-order valence-electron chi connectivity index (χ3n) is 2.74. The van der Waals surface area contributed by atoms with Gasteiger partial charge in [-0.25, -0.2) is 0 Å². The van der Waals surface area contributed by atoms with Crippen molar-refractivity contribution in [2.45, 2.75) is 6.42 Å². The summed E-state index contributed by atoms with van der Waals surface area (Å²) in [6.07, 6.45) is 2.17. The van der Waals surface area contributed by atoms with Crippen molar-refractivity contribution in [3.05, 3.63) is 28.9 Å². The number of benzene rings is 1. The molecular weight excluding hydrogens is 299 g/mol. The van der Waals surface area contributed by atoms with Crippen molar-refractivity contribution < 1.29 is 9.47 Å². The van der Waals surface area contributed by atoms with Crippen LogP contribution in [-0.4, -0.2) is 24.6 Å². The first-order valence-electron chi connectivity index (χ1n) is 5.96. The Morgan fingerprint density at radius 1 is 1.35 bits per heavy atom. The van der Waals surface area contributed by atoms with Crippen LogP contribution in [0, 0.1) is 11.3 Å². The molecule has 0 spiro atoms. The van der Waals surface area contributed by atoms with Crippen LogP contribution < -0.4 is 9.47 Å². The topological polar surface area (TPSA) is 55.1 Å². The highest BCUT2D eigenvalue weighted by molar-refractivity contribution is 6.36. The summed E-state index contributed by atoms with van der Waals surface area (Å²) < 4.78 is 10.9. The fraction of sp³-hybridized carbons (Fsp3) is 0.286. The molecule has 1 aromatic heterocycles. The minimum absolute atomic E-state index is 0.330. The van der Waals surface area contributed by atoms with Crippen molar-refractivity contribution in [2.24, 2.45) is 0 Å². The van der Waals surface area contributed by atoms with Gasteiger partial charge in [0.15, 0.2) is 11.5 Å². The number of hydrogen-bond donors (Lipinski definition) is 0. The van der Waals surface area contributed by atoms with E-state index in [-0.39, 0.29) is 0 Å². The molecular formula is C14H12Cl2N2O2.